The molecule has 1 fully saturated rings. The highest BCUT2D eigenvalue weighted by atomic mass is 16.5. The summed E-state index contributed by atoms with van der Waals surface area (Å²) in [5.41, 5.74) is 4.77. The molecule has 3 aromatic rings. The van der Waals surface area contributed by atoms with Crippen molar-refractivity contribution in [1.29, 1.82) is 0 Å². The Bertz CT molecular complexity index is 1160. The Hall–Kier alpha value is -3.21. The Kier molecular flexibility index (Phi) is 4.59. The van der Waals surface area contributed by atoms with Crippen LogP contribution in [0.3, 0.4) is 0 Å². The summed E-state index contributed by atoms with van der Waals surface area (Å²) < 4.78 is 6.62. The van der Waals surface area contributed by atoms with Crippen LogP contribution < -0.4 is 5.56 Å². The number of aryl methyl sites for hydroxylation is 1. The van der Waals surface area contributed by atoms with Crippen LogP contribution in [-0.4, -0.2) is 23.3 Å². The molecule has 0 N–H and O–H groups in total. The van der Waals surface area contributed by atoms with E-state index in [1.54, 1.807) is 29.7 Å². The van der Waals surface area contributed by atoms with Crippen LogP contribution >= 0.6 is 0 Å². The predicted molar refractivity (Wildman–Crippen MR) is 107 cm³/mol. The number of hydrogen-bond donors (Lipinski definition) is 0. The number of carbonyl (C=O) groups excluding carboxylic acids is 2. The molecule has 0 radical (unpaired) electrons. The Labute approximate surface area is 162 Å². The number of nitrogens with zero attached hydrogens (tertiary/aromatic N) is 1. The normalized spacial score (nSPS) is 13.5. The van der Waals surface area contributed by atoms with Crippen LogP contribution in [0.4, 0.5) is 0 Å². The second-order valence-electron chi connectivity index (χ2n) is 7.09. The molecule has 0 saturated heterocycles. The first-order valence-electron chi connectivity index (χ1n) is 9.47. The summed E-state index contributed by atoms with van der Waals surface area (Å²) >= 11 is 0. The van der Waals surface area contributed by atoms with Gasteiger partial charge in [-0.25, -0.2) is 4.79 Å². The monoisotopic (exact) mass is 375 g/mol. The van der Waals surface area contributed by atoms with Gasteiger partial charge >= 0.3 is 5.97 Å². The van der Waals surface area contributed by atoms with Gasteiger partial charge in [-0.1, -0.05) is 24.3 Å². The summed E-state index contributed by atoms with van der Waals surface area (Å²) in [6, 6.07) is 10.9. The van der Waals surface area contributed by atoms with Gasteiger partial charge in [-0.15, -0.1) is 0 Å². The van der Waals surface area contributed by atoms with Crippen molar-refractivity contribution in [3.8, 4) is 11.1 Å². The largest absolute Gasteiger partial charge is 0.462 e. The van der Waals surface area contributed by atoms with Crippen molar-refractivity contribution < 1.29 is 14.3 Å². The van der Waals surface area contributed by atoms with Crippen LogP contribution in [-0.2, 0) is 4.74 Å². The summed E-state index contributed by atoms with van der Waals surface area (Å²) in [6.07, 6.45) is 4.60. The first-order valence-corrected chi connectivity index (χ1v) is 9.47. The predicted octanol–water partition coefficient (Wildman–Crippen LogP) is 4.14. The molecule has 0 spiro atoms. The van der Waals surface area contributed by atoms with E-state index in [0.29, 0.717) is 11.5 Å². The summed E-state index contributed by atoms with van der Waals surface area (Å²) in [5.74, 6) is -0.254. The zero-order chi connectivity index (χ0) is 19.8. The van der Waals surface area contributed by atoms with E-state index in [2.05, 4.69) is 0 Å². The van der Waals surface area contributed by atoms with Crippen molar-refractivity contribution in [2.45, 2.75) is 32.6 Å². The van der Waals surface area contributed by atoms with Gasteiger partial charge in [0, 0.05) is 11.8 Å². The van der Waals surface area contributed by atoms with Crippen molar-refractivity contribution in [3.63, 3.8) is 0 Å². The maximum Gasteiger partial charge on any atom is 0.343 e. The zero-order valence-electron chi connectivity index (χ0n) is 15.9. The lowest BCUT2D eigenvalue weighted by Gasteiger charge is -2.16. The average molecular weight is 375 g/mol. The smallest absolute Gasteiger partial charge is 0.343 e. The van der Waals surface area contributed by atoms with Crippen LogP contribution in [0.1, 0.15) is 57.5 Å². The number of hydrogen-bond acceptors (Lipinski definition) is 4. The maximum atomic E-state index is 13.0. The van der Waals surface area contributed by atoms with E-state index in [4.69, 9.17) is 4.74 Å². The topological polar surface area (TPSA) is 64.8 Å². The molecule has 2 aromatic heterocycles. The third kappa shape index (κ3) is 2.93. The second kappa shape index (κ2) is 7.08. The lowest BCUT2D eigenvalue weighted by molar-refractivity contribution is 0.0524. The van der Waals surface area contributed by atoms with Gasteiger partial charge in [0.1, 0.15) is 5.56 Å². The molecule has 1 aromatic carbocycles. The quantitative estimate of drug-likeness (QED) is 0.497. The lowest BCUT2D eigenvalue weighted by Crippen LogP contribution is -2.25. The number of aromatic nitrogens is 1. The van der Waals surface area contributed by atoms with E-state index >= 15 is 0 Å². The van der Waals surface area contributed by atoms with Crippen molar-refractivity contribution in [1.82, 2.24) is 4.40 Å². The third-order valence-electron chi connectivity index (χ3n) is 5.30. The number of benzene rings is 1. The molecule has 5 heteroatoms. The van der Waals surface area contributed by atoms with Crippen LogP contribution in [0.25, 0.3) is 16.6 Å². The summed E-state index contributed by atoms with van der Waals surface area (Å²) in [7, 11) is 0. The Morgan fingerprint density at radius 2 is 1.96 bits per heavy atom. The van der Waals surface area contributed by atoms with Crippen LogP contribution in [0.15, 0.2) is 47.4 Å². The van der Waals surface area contributed by atoms with Crippen molar-refractivity contribution >= 4 is 17.8 Å². The van der Waals surface area contributed by atoms with Gasteiger partial charge in [0.15, 0.2) is 6.29 Å². The van der Waals surface area contributed by atoms with Gasteiger partial charge in [0.05, 0.1) is 12.1 Å². The molecule has 2 heterocycles. The fourth-order valence-corrected chi connectivity index (χ4v) is 3.79. The molecule has 0 aliphatic heterocycles. The highest BCUT2D eigenvalue weighted by Crippen LogP contribution is 2.43. The van der Waals surface area contributed by atoms with Crippen molar-refractivity contribution in [3.05, 3.63) is 75.2 Å². The number of esters is 1. The van der Waals surface area contributed by atoms with E-state index in [1.165, 1.54) is 0 Å². The van der Waals surface area contributed by atoms with E-state index in [9.17, 15) is 14.4 Å². The molecular weight excluding hydrogens is 354 g/mol. The number of aldehydes is 1. The SMILES string of the molecule is CCOC(=O)c1cc(C2CC2)c2c(C)c(-c3ccccc3C=O)ccn2c1=O. The van der Waals surface area contributed by atoms with Crippen LogP contribution in [0.5, 0.6) is 0 Å². The zero-order valence-corrected chi connectivity index (χ0v) is 15.9. The maximum absolute atomic E-state index is 13.0. The van der Waals surface area contributed by atoms with E-state index in [1.807, 2.05) is 31.2 Å². The van der Waals surface area contributed by atoms with Gasteiger partial charge in [-0.05, 0) is 67.0 Å². The first kappa shape index (κ1) is 18.2. The van der Waals surface area contributed by atoms with Gasteiger partial charge < -0.3 is 4.74 Å². The van der Waals surface area contributed by atoms with Gasteiger partial charge in [0.25, 0.3) is 5.56 Å². The minimum absolute atomic E-state index is 0.0710. The molecule has 0 atom stereocenters. The number of fused-ring (bicyclic) bond motifs is 1. The van der Waals surface area contributed by atoms with E-state index in [-0.39, 0.29) is 17.7 Å². The minimum Gasteiger partial charge on any atom is -0.462 e. The molecule has 5 nitrogen and oxygen atoms in total. The Balaban J connectivity index is 2.02. The first-order chi connectivity index (χ1) is 13.6. The summed E-state index contributed by atoms with van der Waals surface area (Å²) in [5, 5.41) is 0. The van der Waals surface area contributed by atoms with Crippen LogP contribution in [0.2, 0.25) is 0 Å². The third-order valence-corrected chi connectivity index (χ3v) is 5.30. The second-order valence-corrected chi connectivity index (χ2v) is 7.09. The molecule has 1 aliphatic rings. The number of rotatable bonds is 5. The van der Waals surface area contributed by atoms with E-state index < -0.39 is 5.97 Å². The standard InChI is InChI=1S/C23H21NO4/c1-3-28-23(27)20-12-19(15-8-9-15)21-14(2)17(10-11-24(21)22(20)26)18-7-5-4-6-16(18)13-25/h4-7,10-13,15H,3,8-9H2,1-2H3. The van der Waals surface area contributed by atoms with Crippen molar-refractivity contribution in [2.24, 2.45) is 0 Å². The number of carbonyl (C=O) groups is 2. The van der Waals surface area contributed by atoms with Crippen LogP contribution in [0, 0.1) is 6.92 Å². The Morgan fingerprint density at radius 1 is 1.21 bits per heavy atom. The molecule has 4 rings (SSSR count). The summed E-state index contributed by atoms with van der Waals surface area (Å²) in [6.45, 7) is 3.90. The summed E-state index contributed by atoms with van der Waals surface area (Å²) in [4.78, 5) is 36.7. The van der Waals surface area contributed by atoms with E-state index in [0.717, 1.165) is 46.9 Å². The fraction of sp³-hybridized carbons (Fsp3) is 0.261. The lowest BCUT2D eigenvalue weighted by atomic mass is 9.94. The molecule has 0 amide bonds. The molecule has 1 aliphatic carbocycles. The van der Waals surface area contributed by atoms with Gasteiger partial charge in [0.2, 0.25) is 0 Å². The number of pyridine rings is 2. The van der Waals surface area contributed by atoms with Gasteiger partial charge in [-0.2, -0.15) is 0 Å². The minimum atomic E-state index is -0.586. The van der Waals surface area contributed by atoms with Crippen molar-refractivity contribution in [2.75, 3.05) is 6.61 Å². The van der Waals surface area contributed by atoms with Gasteiger partial charge in [-0.3, -0.25) is 14.0 Å². The highest BCUT2D eigenvalue weighted by molar-refractivity contribution is 5.92. The molecule has 28 heavy (non-hydrogen) atoms. The Morgan fingerprint density at radius 3 is 2.64 bits per heavy atom. The molecule has 0 unspecified atom stereocenters. The molecule has 0 bridgehead atoms. The highest BCUT2D eigenvalue weighted by Gasteiger charge is 2.29. The number of ether oxygens (including phenoxy) is 1. The molecule has 142 valence electrons. The average Bonchev–Trinajstić information content (AvgIpc) is 3.54. The fourth-order valence-electron chi connectivity index (χ4n) is 3.79. The molecular formula is C23H21NO4. The molecule has 1 saturated carbocycles.